The number of carbonyl (C=O) groups is 2. The van der Waals surface area contributed by atoms with Gasteiger partial charge in [-0.15, -0.1) is 0 Å². The first-order chi connectivity index (χ1) is 14.0. The summed E-state index contributed by atoms with van der Waals surface area (Å²) in [5.74, 6) is -1.39. The van der Waals surface area contributed by atoms with E-state index in [1.807, 2.05) is 48.5 Å². The number of aromatic nitrogens is 1. The number of carbonyl (C=O) groups excluding carboxylic acids is 2. The molecule has 0 unspecified atom stereocenters. The molecule has 1 N–H and O–H groups in total. The number of benzene rings is 2. The first-order valence-corrected chi connectivity index (χ1v) is 10.0. The van der Waals surface area contributed by atoms with Crippen LogP contribution in [0, 0.1) is 0 Å². The fourth-order valence-electron chi connectivity index (χ4n) is 3.21. The molecule has 29 heavy (non-hydrogen) atoms. The molecule has 2 heterocycles. The molecule has 0 saturated carbocycles. The molecule has 1 aliphatic rings. The van der Waals surface area contributed by atoms with Crippen molar-refractivity contribution >= 4 is 51.5 Å². The largest absolute Gasteiger partial charge is 0.548 e. The molecule has 0 atom stereocenters. The Hall–Kier alpha value is -3.32. The number of amidine groups is 1. The highest BCUT2D eigenvalue weighted by molar-refractivity contribution is 8.18. The van der Waals surface area contributed by atoms with Gasteiger partial charge in [0.25, 0.3) is 5.91 Å². The Bertz CT molecular complexity index is 1160. The second-order valence-electron chi connectivity index (χ2n) is 6.60. The van der Waals surface area contributed by atoms with E-state index in [0.717, 1.165) is 28.6 Å². The van der Waals surface area contributed by atoms with Gasteiger partial charge in [0.1, 0.15) is 0 Å². The van der Waals surface area contributed by atoms with Gasteiger partial charge >= 0.3 is 0 Å². The third kappa shape index (κ3) is 4.09. The molecule has 0 aliphatic carbocycles. The molecular formula is C22H18N3O3S-. The average molecular weight is 404 g/mol. The lowest BCUT2D eigenvalue weighted by Crippen LogP contribution is -2.27. The third-order valence-electron chi connectivity index (χ3n) is 4.63. The van der Waals surface area contributed by atoms with Gasteiger partial charge in [0.15, 0.2) is 5.17 Å². The van der Waals surface area contributed by atoms with Crippen LogP contribution in [0.5, 0.6) is 0 Å². The summed E-state index contributed by atoms with van der Waals surface area (Å²) in [5, 5.41) is 15.2. The normalized spacial score (nSPS) is 16.7. The SMILES string of the molecule is CCc1ccc(N=C2NC(=O)C(=Cc3cn(CC(=O)[O-])c4ccccc34)S2)cc1. The van der Waals surface area contributed by atoms with Crippen LogP contribution in [0.1, 0.15) is 18.1 Å². The van der Waals surface area contributed by atoms with Gasteiger partial charge in [0.05, 0.1) is 23.1 Å². The first-order valence-electron chi connectivity index (χ1n) is 9.19. The van der Waals surface area contributed by atoms with Crippen molar-refractivity contribution in [3.05, 3.63) is 70.8 Å². The van der Waals surface area contributed by atoms with Crippen LogP contribution >= 0.6 is 11.8 Å². The molecule has 1 saturated heterocycles. The highest BCUT2D eigenvalue weighted by Crippen LogP contribution is 2.31. The van der Waals surface area contributed by atoms with Gasteiger partial charge in [-0.3, -0.25) is 4.79 Å². The van der Waals surface area contributed by atoms with E-state index in [4.69, 9.17) is 0 Å². The van der Waals surface area contributed by atoms with Crippen molar-refractivity contribution in [2.24, 2.45) is 4.99 Å². The van der Waals surface area contributed by atoms with Crippen molar-refractivity contribution in [3.8, 4) is 0 Å². The Morgan fingerprint density at radius 2 is 1.97 bits per heavy atom. The first kappa shape index (κ1) is 19.0. The Balaban J connectivity index is 1.64. The zero-order chi connectivity index (χ0) is 20.4. The van der Waals surface area contributed by atoms with Crippen LogP contribution in [0.25, 0.3) is 17.0 Å². The smallest absolute Gasteiger partial charge is 0.264 e. The number of hydrogen-bond donors (Lipinski definition) is 1. The van der Waals surface area contributed by atoms with Crippen LogP contribution in [0.4, 0.5) is 5.69 Å². The summed E-state index contributed by atoms with van der Waals surface area (Å²) in [7, 11) is 0. The molecule has 0 radical (unpaired) electrons. The number of nitrogens with one attached hydrogen (secondary N) is 1. The fourth-order valence-corrected chi connectivity index (χ4v) is 4.04. The monoisotopic (exact) mass is 404 g/mol. The van der Waals surface area contributed by atoms with Gasteiger partial charge in [-0.25, -0.2) is 4.99 Å². The molecule has 4 rings (SSSR count). The second kappa shape index (κ2) is 7.97. The minimum absolute atomic E-state index is 0.226. The fraction of sp³-hybridized carbons (Fsp3) is 0.136. The van der Waals surface area contributed by atoms with E-state index in [-0.39, 0.29) is 12.5 Å². The third-order valence-corrected chi connectivity index (χ3v) is 5.54. The zero-order valence-electron chi connectivity index (χ0n) is 15.7. The Kier molecular flexibility index (Phi) is 5.22. The summed E-state index contributed by atoms with van der Waals surface area (Å²) in [6.45, 7) is 1.85. The molecule has 1 aromatic heterocycles. The van der Waals surface area contributed by atoms with E-state index in [2.05, 4.69) is 17.2 Å². The number of rotatable bonds is 5. The lowest BCUT2D eigenvalue weighted by atomic mass is 10.1. The number of hydrogen-bond acceptors (Lipinski definition) is 5. The van der Waals surface area contributed by atoms with Gasteiger partial charge < -0.3 is 19.8 Å². The summed E-state index contributed by atoms with van der Waals surface area (Å²) in [4.78, 5) is 28.5. The van der Waals surface area contributed by atoms with Crippen molar-refractivity contribution in [1.29, 1.82) is 0 Å². The number of carboxylic acids is 1. The average Bonchev–Trinajstić information content (AvgIpc) is 3.22. The van der Waals surface area contributed by atoms with Crippen LogP contribution in [-0.2, 0) is 22.6 Å². The number of amides is 1. The number of carboxylic acid groups (broad SMARTS) is 1. The molecule has 0 bridgehead atoms. The number of aryl methyl sites for hydroxylation is 1. The van der Waals surface area contributed by atoms with Crippen LogP contribution in [-0.4, -0.2) is 21.6 Å². The lowest BCUT2D eigenvalue weighted by molar-refractivity contribution is -0.306. The van der Waals surface area contributed by atoms with Gasteiger partial charge in [0, 0.05) is 22.7 Å². The molecule has 1 fully saturated rings. The summed E-state index contributed by atoms with van der Waals surface area (Å²) in [6.07, 6.45) is 4.44. The van der Waals surface area contributed by atoms with Crippen LogP contribution in [0.3, 0.4) is 0 Å². The van der Waals surface area contributed by atoms with Gasteiger partial charge in [0.2, 0.25) is 0 Å². The number of para-hydroxylation sites is 1. The summed E-state index contributed by atoms with van der Waals surface area (Å²) < 4.78 is 1.61. The van der Waals surface area contributed by atoms with Crippen molar-refractivity contribution < 1.29 is 14.7 Å². The Morgan fingerprint density at radius 1 is 1.21 bits per heavy atom. The zero-order valence-corrected chi connectivity index (χ0v) is 16.5. The van der Waals surface area contributed by atoms with Crippen molar-refractivity contribution in [3.63, 3.8) is 0 Å². The van der Waals surface area contributed by atoms with Crippen molar-refractivity contribution in [1.82, 2.24) is 9.88 Å². The van der Waals surface area contributed by atoms with E-state index < -0.39 is 5.97 Å². The van der Waals surface area contributed by atoms with Gasteiger partial charge in [-0.2, -0.15) is 0 Å². The van der Waals surface area contributed by atoms with Crippen LogP contribution in [0.15, 0.2) is 64.6 Å². The highest BCUT2D eigenvalue weighted by Gasteiger charge is 2.24. The number of thioether (sulfide) groups is 1. The predicted octanol–water partition coefficient (Wildman–Crippen LogP) is 2.85. The second-order valence-corrected chi connectivity index (χ2v) is 7.63. The van der Waals surface area contributed by atoms with E-state index in [0.29, 0.717) is 10.1 Å². The minimum atomic E-state index is -1.17. The maximum atomic E-state index is 12.4. The molecule has 0 spiro atoms. The Labute approximate surface area is 171 Å². The lowest BCUT2D eigenvalue weighted by Gasteiger charge is -2.04. The predicted molar refractivity (Wildman–Crippen MR) is 114 cm³/mol. The van der Waals surface area contributed by atoms with E-state index in [9.17, 15) is 14.7 Å². The summed E-state index contributed by atoms with van der Waals surface area (Å²) >= 11 is 1.26. The standard InChI is InChI=1S/C22H19N3O3S/c1-2-14-7-9-16(10-8-14)23-22-24-21(28)19(29-22)11-15-12-25(13-20(26)27)18-6-4-3-5-17(15)18/h3-12H,2,13H2,1H3,(H,26,27)(H,23,24,28)/p-1. The summed E-state index contributed by atoms with van der Waals surface area (Å²) in [6, 6.07) is 15.3. The number of nitrogens with zero attached hydrogens (tertiary/aromatic N) is 2. The molecule has 3 aromatic rings. The van der Waals surface area contributed by atoms with Gasteiger partial charge in [-0.1, -0.05) is 37.3 Å². The molecule has 2 aromatic carbocycles. The van der Waals surface area contributed by atoms with Crippen molar-refractivity contribution in [2.45, 2.75) is 19.9 Å². The summed E-state index contributed by atoms with van der Waals surface area (Å²) in [5.41, 5.74) is 3.55. The van der Waals surface area contributed by atoms with Crippen molar-refractivity contribution in [2.75, 3.05) is 0 Å². The molecular weight excluding hydrogens is 386 g/mol. The van der Waals surface area contributed by atoms with Gasteiger partial charge in [-0.05, 0) is 48.0 Å². The molecule has 1 aliphatic heterocycles. The molecule has 146 valence electrons. The van der Waals surface area contributed by atoms with E-state index in [1.165, 1.54) is 17.3 Å². The highest BCUT2D eigenvalue weighted by atomic mass is 32.2. The molecule has 1 amide bonds. The molecule has 6 nitrogen and oxygen atoms in total. The van der Waals surface area contributed by atoms with Crippen LogP contribution in [0.2, 0.25) is 0 Å². The van der Waals surface area contributed by atoms with E-state index in [1.54, 1.807) is 16.8 Å². The van der Waals surface area contributed by atoms with Crippen LogP contribution < -0.4 is 10.4 Å². The maximum absolute atomic E-state index is 12.4. The number of fused-ring (bicyclic) bond motifs is 1. The Morgan fingerprint density at radius 3 is 2.69 bits per heavy atom. The maximum Gasteiger partial charge on any atom is 0.264 e. The quantitative estimate of drug-likeness (QED) is 0.663. The minimum Gasteiger partial charge on any atom is -0.548 e. The number of aliphatic carboxylic acids is 1. The topological polar surface area (TPSA) is 86.5 Å². The number of aliphatic imine (C=N–C) groups is 1. The van der Waals surface area contributed by atoms with E-state index >= 15 is 0 Å². The molecule has 7 heteroatoms.